The van der Waals surface area contributed by atoms with Crippen LogP contribution in [-0.2, 0) is 69.1 Å². The van der Waals surface area contributed by atoms with Crippen molar-refractivity contribution in [2.45, 2.75) is 100 Å². The van der Waals surface area contributed by atoms with Gasteiger partial charge in [-0.1, -0.05) is 23.6 Å². The number of sulfonamides is 1. The molecule has 1 amide bonds. The molecular weight excluding hydrogens is 984 g/mol. The number of amides is 1. The Morgan fingerprint density at radius 1 is 0.956 bits per heavy atom. The zero-order chi connectivity index (χ0) is 49.8. The smallest absolute Gasteiger partial charge is 0.346 e. The number of alkyl halides is 8. The number of hydrogen-bond donors (Lipinski definition) is 2. The molecule has 5 aromatic rings. The maximum atomic E-state index is 15.6. The molecule has 3 atom stereocenters. The van der Waals surface area contributed by atoms with Crippen molar-refractivity contribution in [2.75, 3.05) is 17.2 Å². The molecule has 3 aliphatic rings. The average Bonchev–Trinajstić information content (AvgIpc) is 3.72. The molecule has 3 aromatic heterocycles. The van der Waals surface area contributed by atoms with Crippen LogP contribution in [-0.4, -0.2) is 70.7 Å². The largest absolute Gasteiger partial charge is 0.435 e. The molecule has 0 aliphatic heterocycles. The number of anilines is 1. The van der Waals surface area contributed by atoms with Crippen molar-refractivity contribution >= 4 is 54.1 Å². The van der Waals surface area contributed by atoms with Crippen LogP contribution in [0.2, 0.25) is 5.02 Å². The van der Waals surface area contributed by atoms with E-state index < -0.39 is 126 Å². The summed E-state index contributed by atoms with van der Waals surface area (Å²) in [6.45, 7) is -0.423. The van der Waals surface area contributed by atoms with Gasteiger partial charge < -0.3 is 5.32 Å². The molecule has 1 fully saturated rings. The number of aromatic nitrogens is 5. The highest BCUT2D eigenvalue weighted by atomic mass is 35.5. The number of carbonyl (C=O) groups excluding carboxylic acids is 1. The molecule has 68 heavy (non-hydrogen) atoms. The second kappa shape index (κ2) is 16.6. The summed E-state index contributed by atoms with van der Waals surface area (Å²) < 4.78 is 199. The van der Waals surface area contributed by atoms with E-state index in [1.807, 2.05) is 0 Å². The topological polar surface area (TPSA) is 158 Å². The number of sulfone groups is 1. The molecule has 25 heteroatoms. The number of halogens is 11. The molecule has 364 valence electrons. The second-order valence-corrected chi connectivity index (χ2v) is 22.4. The Kier molecular flexibility index (Phi) is 12.0. The first-order chi connectivity index (χ1) is 31.3. The first-order valence-electron chi connectivity index (χ1n) is 20.7. The summed E-state index contributed by atoms with van der Waals surface area (Å²) in [5.41, 5.74) is -3.82. The van der Waals surface area contributed by atoms with Gasteiger partial charge in [0, 0.05) is 34.9 Å². The summed E-state index contributed by atoms with van der Waals surface area (Å²) in [4.78, 5) is 19.1. The molecule has 8 rings (SSSR count). The predicted octanol–water partition coefficient (Wildman–Crippen LogP) is 8.54. The summed E-state index contributed by atoms with van der Waals surface area (Å²) in [5, 5.41) is 9.35. The van der Waals surface area contributed by atoms with Crippen LogP contribution in [0.25, 0.3) is 22.0 Å². The lowest BCUT2D eigenvalue weighted by atomic mass is 9.82. The lowest BCUT2D eigenvalue weighted by molar-refractivity contribution is -0.142. The van der Waals surface area contributed by atoms with Crippen LogP contribution in [0.4, 0.5) is 49.7 Å². The highest BCUT2D eigenvalue weighted by Crippen LogP contribution is 2.68. The molecule has 3 aliphatic carbocycles. The van der Waals surface area contributed by atoms with Gasteiger partial charge in [0.25, 0.3) is 5.92 Å². The number of nitrogens with one attached hydrogen (secondary N) is 2. The maximum Gasteiger partial charge on any atom is 0.435 e. The lowest BCUT2D eigenvalue weighted by Gasteiger charge is -2.28. The van der Waals surface area contributed by atoms with Gasteiger partial charge in [0.05, 0.1) is 33.9 Å². The third kappa shape index (κ3) is 9.36. The van der Waals surface area contributed by atoms with Crippen LogP contribution < -0.4 is 10.0 Å². The van der Waals surface area contributed by atoms with Gasteiger partial charge in [-0.3, -0.25) is 18.9 Å². The SMILES string of the molecule is CC(C)(C#Cc1nc([C@H](Cc2cc(F)cc(F)c2)NC(=O)Cn2nc(C(F)(F)F)c3c2C(F)(F)[C@@H]2CC32)c(-c2ccc(Cl)c3c(NS(C)(=O)=O)nn(CC(F)(F)F)c23)c2c1CCCC2)S(C)(=O)=O. The van der Waals surface area contributed by atoms with Gasteiger partial charge in [0.15, 0.2) is 21.3 Å². The van der Waals surface area contributed by atoms with E-state index in [1.54, 1.807) is 0 Å². The first-order valence-corrected chi connectivity index (χ1v) is 24.8. The summed E-state index contributed by atoms with van der Waals surface area (Å²) in [6, 6.07) is 3.10. The van der Waals surface area contributed by atoms with Gasteiger partial charge in [-0.05, 0) is 99.1 Å². The van der Waals surface area contributed by atoms with Gasteiger partial charge in [0.2, 0.25) is 15.9 Å². The number of pyridine rings is 1. The van der Waals surface area contributed by atoms with Crippen molar-refractivity contribution in [1.29, 1.82) is 0 Å². The Hall–Kier alpha value is -5.41. The minimum atomic E-state index is -5.19. The van der Waals surface area contributed by atoms with Crippen molar-refractivity contribution in [1.82, 2.24) is 29.9 Å². The van der Waals surface area contributed by atoms with Crippen molar-refractivity contribution in [2.24, 2.45) is 5.92 Å². The van der Waals surface area contributed by atoms with Crippen LogP contribution in [0.1, 0.15) is 90.1 Å². The molecule has 0 bridgehead atoms. The van der Waals surface area contributed by atoms with Gasteiger partial charge in [0.1, 0.15) is 40.9 Å². The zero-order valence-electron chi connectivity index (χ0n) is 36.0. The van der Waals surface area contributed by atoms with E-state index in [-0.39, 0.29) is 62.4 Å². The van der Waals surface area contributed by atoms with Crippen LogP contribution in [0.3, 0.4) is 0 Å². The van der Waals surface area contributed by atoms with Gasteiger partial charge in [-0.25, -0.2) is 30.6 Å². The van der Waals surface area contributed by atoms with Crippen molar-refractivity contribution in [3.63, 3.8) is 0 Å². The fourth-order valence-electron chi connectivity index (χ4n) is 8.96. The number of fused-ring (bicyclic) bond motifs is 5. The van der Waals surface area contributed by atoms with Gasteiger partial charge in [-0.15, -0.1) is 0 Å². The number of nitrogens with zero attached hydrogens (tertiary/aromatic N) is 5. The molecule has 0 spiro atoms. The van der Waals surface area contributed by atoms with E-state index in [9.17, 15) is 56.8 Å². The van der Waals surface area contributed by atoms with Gasteiger partial charge >= 0.3 is 12.4 Å². The monoisotopic (exact) mass is 1020 g/mol. The molecule has 0 radical (unpaired) electrons. The minimum Gasteiger partial charge on any atom is -0.346 e. The molecule has 0 saturated heterocycles. The number of rotatable bonds is 11. The molecule has 1 saturated carbocycles. The Labute approximate surface area is 386 Å². The molecule has 2 aromatic carbocycles. The van der Waals surface area contributed by atoms with Crippen molar-refractivity contribution in [3.8, 4) is 23.0 Å². The van der Waals surface area contributed by atoms with E-state index in [2.05, 4.69) is 32.1 Å². The number of benzene rings is 2. The Morgan fingerprint density at radius 3 is 2.21 bits per heavy atom. The van der Waals surface area contributed by atoms with E-state index in [4.69, 9.17) is 16.6 Å². The molecule has 12 nitrogen and oxygen atoms in total. The second-order valence-electron chi connectivity index (χ2n) is 17.7. The summed E-state index contributed by atoms with van der Waals surface area (Å²) >= 11 is 6.60. The van der Waals surface area contributed by atoms with Crippen molar-refractivity contribution < 1.29 is 65.5 Å². The summed E-state index contributed by atoms with van der Waals surface area (Å²) in [6.07, 6.45) is -8.09. The molecular formula is C43H38ClF10N7O5S2. The fourth-order valence-corrected chi connectivity index (χ4v) is 9.93. The Morgan fingerprint density at radius 2 is 1.60 bits per heavy atom. The van der Waals surface area contributed by atoms with Crippen molar-refractivity contribution in [3.05, 3.63) is 92.0 Å². The standard InChI is InChI=1S/C43H38ClF10N7O5S2/c1-40(2,67(3,63)64)12-11-29-23-7-5-6-8-24(23)32(25-9-10-28(44)34-36(25)61(19-41(47,48)49)58-39(34)59-68(4,65)66)35(56-29)30(15-20-13-21(45)16-22(46)14-20)55-31(62)18-60-38-33(37(57-60)43(52,53)54)26-17-27(26)42(38,50)51/h9-10,13-14,16,26-27,30H,5-8,15,17-19H2,1-4H3,(H,55,62)(H,58,59)/t26?,27-,30+/m1/s1. The van der Waals surface area contributed by atoms with E-state index >= 15 is 8.78 Å². The van der Waals surface area contributed by atoms with E-state index in [0.717, 1.165) is 24.6 Å². The number of carbonyl (C=O) groups is 1. The normalized spacial score (nSPS) is 18.3. The summed E-state index contributed by atoms with van der Waals surface area (Å²) in [7, 11) is -8.10. The lowest BCUT2D eigenvalue weighted by Crippen LogP contribution is -2.35. The average molecular weight is 1020 g/mol. The van der Waals surface area contributed by atoms with E-state index in [1.165, 1.54) is 26.0 Å². The third-order valence-corrected chi connectivity index (χ3v) is 15.0. The fraction of sp³-hybridized carbons (Fsp3) is 0.442. The van der Waals surface area contributed by atoms with Crippen LogP contribution in [0.15, 0.2) is 30.3 Å². The van der Waals surface area contributed by atoms with Crippen LogP contribution in [0.5, 0.6) is 0 Å². The first kappa shape index (κ1) is 49.0. The third-order valence-electron chi connectivity index (χ3n) is 12.2. The maximum absolute atomic E-state index is 15.6. The Balaban J connectivity index is 1.41. The minimum absolute atomic E-state index is 0.0309. The predicted molar refractivity (Wildman–Crippen MR) is 228 cm³/mol. The number of hydrogen-bond acceptors (Lipinski definition) is 8. The highest BCUT2D eigenvalue weighted by molar-refractivity contribution is 7.92. The highest BCUT2D eigenvalue weighted by Gasteiger charge is 2.68. The molecule has 3 heterocycles. The van der Waals surface area contributed by atoms with Crippen LogP contribution >= 0.6 is 11.6 Å². The molecule has 1 unspecified atom stereocenters. The van der Waals surface area contributed by atoms with Gasteiger partial charge in [-0.2, -0.15) is 45.3 Å². The quantitative estimate of drug-likeness (QED) is 0.0985. The van der Waals surface area contributed by atoms with Crippen LogP contribution in [0, 0.1) is 29.4 Å². The summed E-state index contributed by atoms with van der Waals surface area (Å²) in [5.74, 6) is -4.96. The zero-order valence-corrected chi connectivity index (χ0v) is 38.4. The molecule has 2 N–H and O–H groups in total. The Bertz CT molecular complexity index is 3210. The van der Waals surface area contributed by atoms with E-state index in [0.29, 0.717) is 34.7 Å².